The van der Waals surface area contributed by atoms with Crippen molar-refractivity contribution in [3.8, 4) is 0 Å². The maximum Gasteiger partial charge on any atom is 0.0937 e. The molecular formula is C14H17ClN2O. The Morgan fingerprint density at radius 2 is 2.11 bits per heavy atom. The average molecular weight is 265 g/mol. The highest BCUT2D eigenvalue weighted by Gasteiger charge is 2.11. The Kier molecular flexibility index (Phi) is 4.04. The minimum atomic E-state index is -0.514. The molecule has 1 N–H and O–H groups in total. The van der Waals surface area contributed by atoms with Gasteiger partial charge in [-0.15, -0.1) is 11.6 Å². The van der Waals surface area contributed by atoms with E-state index in [-0.39, 0.29) is 5.88 Å². The molecule has 0 radical (unpaired) electrons. The number of aliphatic hydroxyl groups is 1. The number of alkyl halides is 1. The summed E-state index contributed by atoms with van der Waals surface area (Å²) in [5.74, 6) is 0.247. The summed E-state index contributed by atoms with van der Waals surface area (Å²) in [6.45, 7) is 0. The summed E-state index contributed by atoms with van der Waals surface area (Å²) in [5.41, 5.74) is 3.12. The lowest BCUT2D eigenvalue weighted by Crippen LogP contribution is -2.13. The SMILES string of the molecule is CN(C)c1ccc(C[C@@H](O)CCl)c2cccnc12. The number of rotatable bonds is 4. The van der Waals surface area contributed by atoms with Gasteiger partial charge in [-0.3, -0.25) is 4.98 Å². The van der Waals surface area contributed by atoms with Crippen LogP contribution < -0.4 is 4.90 Å². The molecule has 2 rings (SSSR count). The Balaban J connectivity index is 2.54. The third-order valence-electron chi connectivity index (χ3n) is 2.95. The molecule has 0 amide bonds. The van der Waals surface area contributed by atoms with Gasteiger partial charge in [0, 0.05) is 38.0 Å². The van der Waals surface area contributed by atoms with Crippen LogP contribution in [-0.4, -0.2) is 36.2 Å². The number of halogens is 1. The fraction of sp³-hybridized carbons (Fsp3) is 0.357. The van der Waals surface area contributed by atoms with E-state index in [0.717, 1.165) is 22.2 Å². The third-order valence-corrected chi connectivity index (χ3v) is 3.31. The van der Waals surface area contributed by atoms with Gasteiger partial charge in [-0.25, -0.2) is 0 Å². The number of anilines is 1. The second kappa shape index (κ2) is 5.55. The molecule has 0 spiro atoms. The highest BCUT2D eigenvalue weighted by Crippen LogP contribution is 2.27. The molecule has 96 valence electrons. The van der Waals surface area contributed by atoms with Crippen molar-refractivity contribution < 1.29 is 5.11 Å². The minimum absolute atomic E-state index is 0.247. The van der Waals surface area contributed by atoms with Crippen LogP contribution in [0.3, 0.4) is 0 Å². The molecule has 3 nitrogen and oxygen atoms in total. The van der Waals surface area contributed by atoms with Crippen molar-refractivity contribution >= 4 is 28.2 Å². The van der Waals surface area contributed by atoms with Crippen LogP contribution >= 0.6 is 11.6 Å². The Morgan fingerprint density at radius 3 is 2.78 bits per heavy atom. The maximum absolute atomic E-state index is 9.69. The van der Waals surface area contributed by atoms with Crippen molar-refractivity contribution in [2.24, 2.45) is 0 Å². The fourth-order valence-corrected chi connectivity index (χ4v) is 2.17. The monoisotopic (exact) mass is 264 g/mol. The van der Waals surface area contributed by atoms with E-state index in [2.05, 4.69) is 4.98 Å². The highest BCUT2D eigenvalue weighted by atomic mass is 35.5. The predicted molar refractivity (Wildman–Crippen MR) is 76.5 cm³/mol. The van der Waals surface area contributed by atoms with Gasteiger partial charge in [-0.2, -0.15) is 0 Å². The smallest absolute Gasteiger partial charge is 0.0937 e. The first kappa shape index (κ1) is 13.1. The van der Waals surface area contributed by atoms with Gasteiger partial charge < -0.3 is 10.0 Å². The number of pyridine rings is 1. The first-order valence-electron chi connectivity index (χ1n) is 5.91. The van der Waals surface area contributed by atoms with Gasteiger partial charge in [0.05, 0.1) is 17.3 Å². The predicted octanol–water partition coefficient (Wildman–Crippen LogP) is 2.44. The van der Waals surface area contributed by atoms with Crippen LogP contribution in [0.25, 0.3) is 10.9 Å². The van der Waals surface area contributed by atoms with Crippen molar-refractivity contribution in [2.45, 2.75) is 12.5 Å². The Bertz CT molecular complexity index is 542. The second-order valence-electron chi connectivity index (χ2n) is 4.55. The fourth-order valence-electron chi connectivity index (χ4n) is 2.06. The number of hydrogen-bond donors (Lipinski definition) is 1. The van der Waals surface area contributed by atoms with Crippen LogP contribution in [0.15, 0.2) is 30.5 Å². The normalized spacial score (nSPS) is 12.7. The van der Waals surface area contributed by atoms with Crippen LogP contribution in [0.1, 0.15) is 5.56 Å². The van der Waals surface area contributed by atoms with Crippen molar-refractivity contribution in [2.75, 3.05) is 24.9 Å². The Hall–Kier alpha value is -1.32. The van der Waals surface area contributed by atoms with Crippen molar-refractivity contribution in [3.05, 3.63) is 36.0 Å². The zero-order valence-corrected chi connectivity index (χ0v) is 11.4. The molecule has 0 bridgehead atoms. The molecule has 1 atom stereocenters. The quantitative estimate of drug-likeness (QED) is 0.862. The van der Waals surface area contributed by atoms with Gasteiger partial charge in [0.2, 0.25) is 0 Å². The summed E-state index contributed by atoms with van der Waals surface area (Å²) in [4.78, 5) is 6.48. The summed E-state index contributed by atoms with van der Waals surface area (Å²) < 4.78 is 0. The molecular weight excluding hydrogens is 248 g/mol. The topological polar surface area (TPSA) is 36.4 Å². The van der Waals surface area contributed by atoms with Crippen molar-refractivity contribution in [1.82, 2.24) is 4.98 Å². The lowest BCUT2D eigenvalue weighted by atomic mass is 10.0. The zero-order chi connectivity index (χ0) is 13.1. The van der Waals surface area contributed by atoms with E-state index in [4.69, 9.17) is 11.6 Å². The minimum Gasteiger partial charge on any atom is -0.392 e. The van der Waals surface area contributed by atoms with E-state index in [1.54, 1.807) is 6.20 Å². The van der Waals surface area contributed by atoms with Gasteiger partial charge >= 0.3 is 0 Å². The largest absolute Gasteiger partial charge is 0.392 e. The van der Waals surface area contributed by atoms with Crippen LogP contribution in [0, 0.1) is 0 Å². The summed E-state index contributed by atoms with van der Waals surface area (Å²) in [6.07, 6.45) is 1.83. The standard InChI is InChI=1S/C14H17ClN2O/c1-17(2)13-6-5-10(8-11(18)9-15)12-4-3-7-16-14(12)13/h3-7,11,18H,8-9H2,1-2H3/t11-/m1/s1. The Labute approximate surface area is 112 Å². The summed E-state index contributed by atoms with van der Waals surface area (Å²) in [5, 5.41) is 10.8. The van der Waals surface area contributed by atoms with Crippen molar-refractivity contribution in [3.63, 3.8) is 0 Å². The van der Waals surface area contributed by atoms with Gasteiger partial charge in [0.25, 0.3) is 0 Å². The summed E-state index contributed by atoms with van der Waals surface area (Å²) in [7, 11) is 3.99. The summed E-state index contributed by atoms with van der Waals surface area (Å²) >= 11 is 5.66. The summed E-state index contributed by atoms with van der Waals surface area (Å²) in [6, 6.07) is 8.02. The molecule has 0 saturated heterocycles. The van der Waals surface area contributed by atoms with E-state index >= 15 is 0 Å². The van der Waals surface area contributed by atoms with E-state index in [1.165, 1.54) is 0 Å². The van der Waals surface area contributed by atoms with Gasteiger partial charge in [-0.05, 0) is 17.7 Å². The first-order valence-corrected chi connectivity index (χ1v) is 6.45. The molecule has 0 unspecified atom stereocenters. The molecule has 0 aliphatic carbocycles. The highest BCUT2D eigenvalue weighted by molar-refractivity contribution is 6.18. The molecule has 4 heteroatoms. The van der Waals surface area contributed by atoms with Crippen molar-refractivity contribution in [1.29, 1.82) is 0 Å². The molecule has 0 saturated carbocycles. The molecule has 18 heavy (non-hydrogen) atoms. The maximum atomic E-state index is 9.69. The van der Waals surface area contributed by atoms with E-state index in [9.17, 15) is 5.11 Å². The zero-order valence-electron chi connectivity index (χ0n) is 10.6. The van der Waals surface area contributed by atoms with Crippen LogP contribution in [0.5, 0.6) is 0 Å². The molecule has 1 heterocycles. The molecule has 0 aliphatic rings. The number of nitrogens with zero attached hydrogens (tertiary/aromatic N) is 2. The number of benzene rings is 1. The molecule has 0 fully saturated rings. The van der Waals surface area contributed by atoms with Crippen LogP contribution in [0.4, 0.5) is 5.69 Å². The second-order valence-corrected chi connectivity index (χ2v) is 4.86. The Morgan fingerprint density at radius 1 is 1.33 bits per heavy atom. The van der Waals surface area contributed by atoms with Gasteiger partial charge in [0.1, 0.15) is 0 Å². The number of hydrogen-bond acceptors (Lipinski definition) is 3. The molecule has 2 aromatic rings. The lowest BCUT2D eigenvalue weighted by Gasteiger charge is -2.17. The first-order chi connectivity index (χ1) is 8.63. The molecule has 1 aromatic heterocycles. The number of aliphatic hydroxyl groups excluding tert-OH is 1. The van der Waals surface area contributed by atoms with Crippen LogP contribution in [-0.2, 0) is 6.42 Å². The lowest BCUT2D eigenvalue weighted by molar-refractivity contribution is 0.199. The van der Waals surface area contributed by atoms with Crippen LogP contribution in [0.2, 0.25) is 0 Å². The molecule has 0 aliphatic heterocycles. The van der Waals surface area contributed by atoms with E-state index in [1.807, 2.05) is 43.3 Å². The third kappa shape index (κ3) is 2.57. The van der Waals surface area contributed by atoms with E-state index < -0.39 is 6.10 Å². The van der Waals surface area contributed by atoms with Gasteiger partial charge in [0.15, 0.2) is 0 Å². The van der Waals surface area contributed by atoms with E-state index in [0.29, 0.717) is 6.42 Å². The molecule has 1 aromatic carbocycles. The number of fused-ring (bicyclic) bond motifs is 1. The average Bonchev–Trinajstić information content (AvgIpc) is 2.38. The van der Waals surface area contributed by atoms with Gasteiger partial charge in [-0.1, -0.05) is 12.1 Å². The number of aromatic nitrogens is 1.